The van der Waals surface area contributed by atoms with E-state index in [1.165, 1.54) is 4.90 Å². The van der Waals surface area contributed by atoms with E-state index in [0.29, 0.717) is 23.7 Å². The second kappa shape index (κ2) is 8.10. The molecule has 0 spiro atoms. The van der Waals surface area contributed by atoms with E-state index >= 15 is 0 Å². The number of piperazine rings is 1. The largest absolute Gasteiger partial charge is 0.336 e. The Bertz CT molecular complexity index is 866. The lowest BCUT2D eigenvalue weighted by Gasteiger charge is -2.34. The van der Waals surface area contributed by atoms with Gasteiger partial charge < -0.3 is 4.90 Å². The fraction of sp³-hybridized carbons (Fsp3) is 0.263. The number of carbonyl (C=O) groups excluding carboxylic acids is 2. The molecule has 142 valence electrons. The fourth-order valence-corrected chi connectivity index (χ4v) is 3.03. The van der Waals surface area contributed by atoms with Crippen molar-refractivity contribution in [1.82, 2.24) is 9.80 Å². The van der Waals surface area contributed by atoms with Gasteiger partial charge in [0.05, 0.1) is 12.1 Å². The average molecular weight is 397 g/mol. The average Bonchev–Trinajstić information content (AvgIpc) is 2.67. The minimum Gasteiger partial charge on any atom is -0.336 e. The van der Waals surface area contributed by atoms with E-state index < -0.39 is 28.9 Å². The predicted octanol–water partition coefficient (Wildman–Crippen LogP) is 3.40. The number of Topliss-reactive ketones (excluding diaryl/α,β-unsaturated/α-hetero) is 1. The van der Waals surface area contributed by atoms with Crippen LogP contribution in [0.5, 0.6) is 0 Å². The molecule has 0 N–H and O–H groups in total. The molecule has 4 nitrogen and oxygen atoms in total. The molecule has 2 aromatic carbocycles. The Hall–Kier alpha value is -2.38. The third-order valence-corrected chi connectivity index (χ3v) is 4.71. The molecular formula is C19H16ClF3N2O2. The van der Waals surface area contributed by atoms with Crippen LogP contribution in [0, 0.1) is 17.5 Å². The Kier molecular flexibility index (Phi) is 5.82. The molecular weight excluding hydrogens is 381 g/mol. The Morgan fingerprint density at radius 2 is 1.52 bits per heavy atom. The number of nitrogens with zero attached hydrogens (tertiary/aromatic N) is 2. The van der Waals surface area contributed by atoms with Gasteiger partial charge in [0, 0.05) is 36.8 Å². The summed E-state index contributed by atoms with van der Waals surface area (Å²) in [6, 6.07) is 8.25. The van der Waals surface area contributed by atoms with Gasteiger partial charge in [0.25, 0.3) is 5.91 Å². The van der Waals surface area contributed by atoms with Gasteiger partial charge in [-0.2, -0.15) is 0 Å². The monoisotopic (exact) mass is 396 g/mol. The van der Waals surface area contributed by atoms with Crippen molar-refractivity contribution in [2.24, 2.45) is 0 Å². The molecule has 0 atom stereocenters. The lowest BCUT2D eigenvalue weighted by Crippen LogP contribution is -2.50. The molecule has 27 heavy (non-hydrogen) atoms. The first-order valence-electron chi connectivity index (χ1n) is 8.30. The van der Waals surface area contributed by atoms with Gasteiger partial charge >= 0.3 is 0 Å². The molecule has 8 heteroatoms. The van der Waals surface area contributed by atoms with Crippen LogP contribution in [0.3, 0.4) is 0 Å². The summed E-state index contributed by atoms with van der Waals surface area (Å²) in [7, 11) is 0. The predicted molar refractivity (Wildman–Crippen MR) is 94.4 cm³/mol. The zero-order chi connectivity index (χ0) is 19.6. The summed E-state index contributed by atoms with van der Waals surface area (Å²) < 4.78 is 40.2. The fourth-order valence-electron chi connectivity index (χ4n) is 2.90. The number of carbonyl (C=O) groups is 2. The lowest BCUT2D eigenvalue weighted by molar-refractivity contribution is 0.0619. The van der Waals surface area contributed by atoms with Crippen molar-refractivity contribution in [1.29, 1.82) is 0 Å². The molecule has 1 saturated heterocycles. The molecule has 0 unspecified atom stereocenters. The molecule has 3 rings (SSSR count). The molecule has 0 aromatic heterocycles. The highest BCUT2D eigenvalue weighted by Gasteiger charge is 2.27. The number of hydrogen-bond acceptors (Lipinski definition) is 3. The van der Waals surface area contributed by atoms with E-state index in [9.17, 15) is 22.8 Å². The molecule has 1 heterocycles. The summed E-state index contributed by atoms with van der Waals surface area (Å²) in [5.41, 5.74) is 0.0429. The molecule has 0 saturated carbocycles. The zero-order valence-electron chi connectivity index (χ0n) is 14.2. The molecule has 1 fully saturated rings. The number of hydrogen-bond donors (Lipinski definition) is 0. The van der Waals surface area contributed by atoms with E-state index in [-0.39, 0.29) is 25.4 Å². The van der Waals surface area contributed by atoms with Crippen LogP contribution in [0.2, 0.25) is 5.02 Å². The van der Waals surface area contributed by atoms with Crippen LogP contribution in [0.15, 0.2) is 36.4 Å². The van der Waals surface area contributed by atoms with Crippen molar-refractivity contribution in [3.05, 3.63) is 70.0 Å². The van der Waals surface area contributed by atoms with Crippen LogP contribution in [0.25, 0.3) is 0 Å². The van der Waals surface area contributed by atoms with Crippen molar-refractivity contribution in [3.8, 4) is 0 Å². The van der Waals surface area contributed by atoms with E-state index in [0.717, 1.165) is 12.1 Å². The van der Waals surface area contributed by atoms with Gasteiger partial charge in [0.1, 0.15) is 0 Å². The van der Waals surface area contributed by atoms with Crippen molar-refractivity contribution < 1.29 is 22.8 Å². The Labute approximate surface area is 159 Å². The van der Waals surface area contributed by atoms with Crippen LogP contribution in [0.4, 0.5) is 13.2 Å². The highest BCUT2D eigenvalue weighted by atomic mass is 35.5. The number of rotatable bonds is 4. The number of ketones is 1. The molecule has 1 aliphatic heterocycles. The number of halogens is 4. The summed E-state index contributed by atoms with van der Waals surface area (Å²) in [5.74, 6) is -5.25. The first-order chi connectivity index (χ1) is 12.9. The normalized spacial score (nSPS) is 15.0. The molecule has 0 bridgehead atoms. The summed E-state index contributed by atoms with van der Waals surface area (Å²) in [5, 5.41) is 0.545. The third kappa shape index (κ3) is 4.31. The van der Waals surface area contributed by atoms with E-state index in [2.05, 4.69) is 0 Å². The van der Waals surface area contributed by atoms with Gasteiger partial charge in [-0.05, 0) is 36.4 Å². The molecule has 1 aliphatic rings. The smallest absolute Gasteiger partial charge is 0.257 e. The first-order valence-corrected chi connectivity index (χ1v) is 8.68. The minimum atomic E-state index is -1.66. The topological polar surface area (TPSA) is 40.6 Å². The van der Waals surface area contributed by atoms with Crippen LogP contribution in [-0.4, -0.2) is 54.2 Å². The van der Waals surface area contributed by atoms with Crippen molar-refractivity contribution >= 4 is 23.3 Å². The Balaban J connectivity index is 1.58. The second-order valence-corrected chi connectivity index (χ2v) is 6.66. The highest BCUT2D eigenvalue weighted by molar-refractivity contribution is 6.30. The zero-order valence-corrected chi connectivity index (χ0v) is 15.0. The third-order valence-electron chi connectivity index (χ3n) is 4.46. The van der Waals surface area contributed by atoms with Gasteiger partial charge in [-0.3, -0.25) is 14.5 Å². The first kappa shape index (κ1) is 19.4. The van der Waals surface area contributed by atoms with Crippen molar-refractivity contribution in [3.63, 3.8) is 0 Å². The van der Waals surface area contributed by atoms with E-state index in [1.54, 1.807) is 24.3 Å². The number of amides is 1. The minimum absolute atomic E-state index is 0.0712. The van der Waals surface area contributed by atoms with E-state index in [1.807, 2.05) is 4.90 Å². The van der Waals surface area contributed by atoms with E-state index in [4.69, 9.17) is 11.6 Å². The highest BCUT2D eigenvalue weighted by Crippen LogP contribution is 2.18. The lowest BCUT2D eigenvalue weighted by atomic mass is 10.1. The van der Waals surface area contributed by atoms with Gasteiger partial charge in [0.2, 0.25) is 0 Å². The van der Waals surface area contributed by atoms with Crippen LogP contribution in [-0.2, 0) is 0 Å². The summed E-state index contributed by atoms with van der Waals surface area (Å²) >= 11 is 5.80. The molecule has 2 aromatic rings. The van der Waals surface area contributed by atoms with Crippen molar-refractivity contribution in [2.45, 2.75) is 0 Å². The standard InChI is InChI=1S/C19H16ClF3N2O2/c20-13-3-1-12(2-4-13)16(26)11-24-7-9-25(10-8-24)19(27)14-5-6-15(21)18(23)17(14)22/h1-6H,7-11H2. The number of benzene rings is 2. The van der Waals surface area contributed by atoms with Crippen molar-refractivity contribution in [2.75, 3.05) is 32.7 Å². The molecule has 1 amide bonds. The van der Waals surface area contributed by atoms with Gasteiger partial charge in [0.15, 0.2) is 23.2 Å². The maximum Gasteiger partial charge on any atom is 0.257 e. The summed E-state index contributed by atoms with van der Waals surface area (Å²) in [4.78, 5) is 27.9. The SMILES string of the molecule is O=C(CN1CCN(C(=O)c2ccc(F)c(F)c2F)CC1)c1ccc(Cl)cc1. The van der Waals surface area contributed by atoms with Crippen LogP contribution < -0.4 is 0 Å². The Morgan fingerprint density at radius 3 is 2.15 bits per heavy atom. The molecule has 0 radical (unpaired) electrons. The summed E-state index contributed by atoms with van der Waals surface area (Å²) in [6.45, 7) is 1.52. The van der Waals surface area contributed by atoms with Crippen LogP contribution >= 0.6 is 11.6 Å². The van der Waals surface area contributed by atoms with Crippen LogP contribution in [0.1, 0.15) is 20.7 Å². The van der Waals surface area contributed by atoms with Gasteiger partial charge in [-0.25, -0.2) is 13.2 Å². The second-order valence-electron chi connectivity index (χ2n) is 6.22. The maximum atomic E-state index is 13.8. The molecule has 0 aliphatic carbocycles. The van der Waals surface area contributed by atoms with Gasteiger partial charge in [-0.1, -0.05) is 11.6 Å². The summed E-state index contributed by atoms with van der Waals surface area (Å²) in [6.07, 6.45) is 0. The Morgan fingerprint density at radius 1 is 0.889 bits per heavy atom. The quantitative estimate of drug-likeness (QED) is 0.587. The maximum absolute atomic E-state index is 13.8. The van der Waals surface area contributed by atoms with Gasteiger partial charge in [-0.15, -0.1) is 0 Å².